The predicted octanol–water partition coefficient (Wildman–Crippen LogP) is 2.84. The van der Waals surface area contributed by atoms with Crippen molar-refractivity contribution < 1.29 is 13.2 Å². The van der Waals surface area contributed by atoms with Crippen LogP contribution in [0.15, 0.2) is 47.3 Å². The third-order valence-electron chi connectivity index (χ3n) is 4.81. The highest BCUT2D eigenvalue weighted by Gasteiger charge is 2.13. The summed E-state index contributed by atoms with van der Waals surface area (Å²) < 4.78 is 28.4. The Morgan fingerprint density at radius 3 is 2.41 bits per heavy atom. The van der Waals surface area contributed by atoms with Gasteiger partial charge in [-0.2, -0.15) is 0 Å². The minimum Gasteiger partial charge on any atom is -0.348 e. The number of nitrogens with zero attached hydrogens (tertiary/aromatic N) is 1. The van der Waals surface area contributed by atoms with Crippen molar-refractivity contribution in [2.75, 3.05) is 0 Å². The van der Waals surface area contributed by atoms with Gasteiger partial charge in [-0.15, -0.1) is 0 Å². The van der Waals surface area contributed by atoms with Gasteiger partial charge in [0, 0.05) is 24.7 Å². The lowest BCUT2D eigenvalue weighted by atomic mass is 10.1. The van der Waals surface area contributed by atoms with Gasteiger partial charge in [0.2, 0.25) is 10.0 Å². The number of hydrogen-bond acceptors (Lipinski definition) is 5. The van der Waals surface area contributed by atoms with Crippen LogP contribution in [-0.2, 0) is 28.9 Å². The summed E-state index contributed by atoms with van der Waals surface area (Å²) in [5.74, 6) is -0.394. The van der Waals surface area contributed by atoms with Crippen LogP contribution in [0.1, 0.15) is 42.3 Å². The van der Waals surface area contributed by atoms with Crippen LogP contribution in [0, 0.1) is 4.77 Å². The first-order valence-corrected chi connectivity index (χ1v) is 12.3. The maximum absolute atomic E-state index is 12.6. The molecule has 2 aromatic carbocycles. The first kappa shape index (κ1) is 23.8. The summed E-state index contributed by atoms with van der Waals surface area (Å²) in [5, 5.41) is 3.30. The van der Waals surface area contributed by atoms with Crippen LogP contribution in [0.2, 0.25) is 0 Å². The van der Waals surface area contributed by atoms with Crippen LogP contribution in [-0.4, -0.2) is 29.9 Å². The maximum Gasteiger partial charge on any atom is 0.262 e. The molecule has 0 saturated heterocycles. The normalized spacial score (nSPS) is 11.8. The molecule has 10 heteroatoms. The molecule has 3 aromatic rings. The first-order valence-electron chi connectivity index (χ1n) is 10.2. The molecule has 1 heterocycles. The fourth-order valence-electron chi connectivity index (χ4n) is 3.34. The molecule has 0 bridgehead atoms. The third kappa shape index (κ3) is 5.70. The molecule has 0 aliphatic carbocycles. The van der Waals surface area contributed by atoms with E-state index in [4.69, 9.17) is 12.2 Å². The first-order chi connectivity index (χ1) is 15.1. The number of sulfonamides is 1. The van der Waals surface area contributed by atoms with Crippen LogP contribution in [0.3, 0.4) is 0 Å². The summed E-state index contributed by atoms with van der Waals surface area (Å²) in [4.78, 5) is 28.1. The number of aromatic amines is 1. The largest absolute Gasteiger partial charge is 0.348 e. The molecule has 3 rings (SSSR count). The van der Waals surface area contributed by atoms with E-state index in [0.717, 1.165) is 5.56 Å². The fraction of sp³-hybridized carbons (Fsp3) is 0.318. The van der Waals surface area contributed by atoms with Gasteiger partial charge < -0.3 is 10.3 Å². The Morgan fingerprint density at radius 1 is 1.12 bits per heavy atom. The van der Waals surface area contributed by atoms with Crippen molar-refractivity contribution in [2.24, 2.45) is 0 Å². The summed E-state index contributed by atoms with van der Waals surface area (Å²) in [7, 11) is -3.39. The van der Waals surface area contributed by atoms with E-state index in [1.165, 1.54) is 4.57 Å². The number of H-pyrrole nitrogens is 1. The average molecular weight is 475 g/mol. The number of nitrogens with one attached hydrogen (secondary N) is 3. The molecule has 170 valence electrons. The van der Waals surface area contributed by atoms with Gasteiger partial charge in [0.15, 0.2) is 4.77 Å². The quantitative estimate of drug-likeness (QED) is 0.435. The summed E-state index contributed by atoms with van der Waals surface area (Å²) in [5.41, 5.74) is 2.22. The Bertz CT molecular complexity index is 1360. The van der Waals surface area contributed by atoms with E-state index in [-0.39, 0.29) is 29.8 Å². The van der Waals surface area contributed by atoms with E-state index in [1.807, 2.05) is 6.92 Å². The van der Waals surface area contributed by atoms with Crippen LogP contribution in [0.5, 0.6) is 0 Å². The highest BCUT2D eigenvalue weighted by molar-refractivity contribution is 7.88. The van der Waals surface area contributed by atoms with Gasteiger partial charge >= 0.3 is 0 Å². The van der Waals surface area contributed by atoms with Gasteiger partial charge in [0.1, 0.15) is 0 Å². The van der Waals surface area contributed by atoms with E-state index in [9.17, 15) is 18.0 Å². The lowest BCUT2D eigenvalue weighted by Crippen LogP contribution is -2.31. The number of amides is 1. The Kier molecular flexibility index (Phi) is 7.27. The Labute approximate surface area is 191 Å². The number of hydrogen-bond donors (Lipinski definition) is 3. The second kappa shape index (κ2) is 9.76. The minimum atomic E-state index is -3.39. The van der Waals surface area contributed by atoms with Crippen molar-refractivity contribution in [3.05, 3.63) is 74.3 Å². The number of aromatic nitrogens is 2. The van der Waals surface area contributed by atoms with E-state index in [1.54, 1.807) is 56.3 Å². The maximum atomic E-state index is 12.6. The molecule has 0 saturated carbocycles. The zero-order valence-electron chi connectivity index (χ0n) is 18.1. The highest BCUT2D eigenvalue weighted by atomic mass is 32.2. The van der Waals surface area contributed by atoms with Gasteiger partial charge in [0.05, 0.1) is 16.7 Å². The predicted molar refractivity (Wildman–Crippen MR) is 128 cm³/mol. The fourth-order valence-corrected chi connectivity index (χ4v) is 5.10. The smallest absolute Gasteiger partial charge is 0.262 e. The van der Waals surface area contributed by atoms with Crippen molar-refractivity contribution in [2.45, 2.75) is 45.7 Å². The second-order valence-electron chi connectivity index (χ2n) is 7.77. The number of benzene rings is 2. The summed E-state index contributed by atoms with van der Waals surface area (Å²) in [6.45, 7) is 6.13. The van der Waals surface area contributed by atoms with Crippen molar-refractivity contribution in [3.63, 3.8) is 0 Å². The minimum absolute atomic E-state index is 0.101. The van der Waals surface area contributed by atoms with E-state index < -0.39 is 10.0 Å². The Hall–Kier alpha value is -2.82. The zero-order valence-corrected chi connectivity index (χ0v) is 19.8. The zero-order chi connectivity index (χ0) is 23.5. The molecule has 0 aliphatic rings. The van der Waals surface area contributed by atoms with Crippen LogP contribution >= 0.6 is 12.2 Å². The van der Waals surface area contributed by atoms with Crippen LogP contribution in [0.25, 0.3) is 10.9 Å². The van der Waals surface area contributed by atoms with Gasteiger partial charge in [-0.1, -0.05) is 24.3 Å². The Balaban J connectivity index is 1.68. The van der Waals surface area contributed by atoms with Crippen molar-refractivity contribution in [1.29, 1.82) is 0 Å². The SMILES string of the molecule is CCn1c(=S)[nH]c2cc(C(=O)NCc3ccc(CS(=O)(=O)NC(C)C)cc3)ccc2c1=O. The molecule has 0 atom stereocenters. The van der Waals surface area contributed by atoms with E-state index in [0.29, 0.717) is 33.3 Å². The van der Waals surface area contributed by atoms with Gasteiger partial charge in [-0.3, -0.25) is 14.2 Å². The number of rotatable bonds is 8. The monoisotopic (exact) mass is 474 g/mol. The molecule has 1 amide bonds. The second-order valence-corrected chi connectivity index (χ2v) is 9.91. The van der Waals surface area contributed by atoms with Crippen molar-refractivity contribution >= 4 is 39.1 Å². The topological polar surface area (TPSA) is 113 Å². The third-order valence-corrected chi connectivity index (χ3v) is 6.67. The van der Waals surface area contributed by atoms with E-state index in [2.05, 4.69) is 15.0 Å². The highest BCUT2D eigenvalue weighted by Crippen LogP contribution is 2.12. The summed E-state index contributed by atoms with van der Waals surface area (Å²) in [6.07, 6.45) is 0. The lowest BCUT2D eigenvalue weighted by molar-refractivity contribution is 0.0951. The summed E-state index contributed by atoms with van der Waals surface area (Å²) in [6, 6.07) is 11.7. The number of fused-ring (bicyclic) bond motifs is 1. The lowest BCUT2D eigenvalue weighted by Gasteiger charge is -2.10. The van der Waals surface area contributed by atoms with Gasteiger partial charge in [-0.25, -0.2) is 13.1 Å². The molecule has 32 heavy (non-hydrogen) atoms. The molecule has 0 fully saturated rings. The van der Waals surface area contributed by atoms with Crippen molar-refractivity contribution in [1.82, 2.24) is 19.6 Å². The summed E-state index contributed by atoms with van der Waals surface area (Å²) >= 11 is 5.22. The van der Waals surface area contributed by atoms with Crippen LogP contribution in [0.4, 0.5) is 0 Å². The molecular weight excluding hydrogens is 448 g/mol. The number of carbonyl (C=O) groups excluding carboxylic acids is 1. The molecule has 3 N–H and O–H groups in total. The molecule has 0 aliphatic heterocycles. The van der Waals surface area contributed by atoms with Gasteiger partial charge in [-0.05, 0) is 62.3 Å². The molecule has 0 radical (unpaired) electrons. The molecule has 0 unspecified atom stereocenters. The molecule has 1 aromatic heterocycles. The average Bonchev–Trinajstić information content (AvgIpc) is 2.71. The van der Waals surface area contributed by atoms with E-state index >= 15 is 0 Å². The molecule has 0 spiro atoms. The van der Waals surface area contributed by atoms with Gasteiger partial charge in [0.25, 0.3) is 11.5 Å². The molecule has 8 nitrogen and oxygen atoms in total. The number of carbonyl (C=O) groups is 1. The Morgan fingerprint density at radius 2 is 1.78 bits per heavy atom. The van der Waals surface area contributed by atoms with Crippen LogP contribution < -0.4 is 15.6 Å². The standard InChI is InChI=1S/C22H26N4O4S2/c1-4-26-21(28)18-10-9-17(11-19(18)24-22(26)31)20(27)23-12-15-5-7-16(8-6-15)13-32(29,30)25-14(2)3/h5-11,14,25H,4,12-13H2,1-3H3,(H,23,27)(H,24,31). The van der Waals surface area contributed by atoms with Crippen molar-refractivity contribution in [3.8, 4) is 0 Å². The molecular formula is C22H26N4O4S2.